The number of nitrogens with zero attached hydrogens (tertiary/aromatic N) is 3. The third-order valence-corrected chi connectivity index (χ3v) is 6.28. The van der Waals surface area contributed by atoms with Crippen molar-refractivity contribution in [2.75, 3.05) is 34.0 Å². The van der Waals surface area contributed by atoms with Gasteiger partial charge in [0.15, 0.2) is 5.69 Å². The van der Waals surface area contributed by atoms with Crippen molar-refractivity contribution in [3.8, 4) is 0 Å². The van der Waals surface area contributed by atoms with Gasteiger partial charge in [-0.25, -0.2) is 13.6 Å². The summed E-state index contributed by atoms with van der Waals surface area (Å²) in [6.07, 6.45) is -0.754. The van der Waals surface area contributed by atoms with Crippen LogP contribution in [0.15, 0.2) is 72.8 Å². The zero-order valence-corrected chi connectivity index (χ0v) is 24.6. The van der Waals surface area contributed by atoms with Crippen LogP contribution in [0, 0.1) is 42.0 Å². The summed E-state index contributed by atoms with van der Waals surface area (Å²) in [5.41, 5.74) is 10.9. The molecular weight excluding hydrogens is 626 g/mol. The van der Waals surface area contributed by atoms with E-state index in [0.717, 1.165) is 11.6 Å². The van der Waals surface area contributed by atoms with E-state index in [1.165, 1.54) is 54.6 Å². The van der Waals surface area contributed by atoms with Gasteiger partial charge in [-0.05, 0) is 60.5 Å². The van der Waals surface area contributed by atoms with Crippen LogP contribution in [0.4, 0.5) is 59.1 Å². The minimum atomic E-state index is -0.786. The number of halogens is 2. The molecule has 0 bridgehead atoms. The SMILES string of the molecule is CCOC(=O)Nc1ccc(NCc2ccc(F)cc2)c([N+](=O)[O-])c1N.Nc1c([N+](=O)[O-])ccc(NCc2ccc(F)cc2)c1[N+](=O)[O-]. The lowest BCUT2D eigenvalue weighted by Crippen LogP contribution is -2.15. The number of hydrogen-bond acceptors (Lipinski definition) is 12. The number of benzene rings is 4. The molecule has 0 unspecified atom stereocenters. The monoisotopic (exact) mass is 654 g/mol. The first-order valence-corrected chi connectivity index (χ1v) is 13.5. The Hall–Kier alpha value is -6.59. The predicted octanol–water partition coefficient (Wildman–Crippen LogP) is 6.33. The number of nitrogens with two attached hydrogens (primary N) is 2. The molecule has 18 heteroatoms. The van der Waals surface area contributed by atoms with Crippen molar-refractivity contribution in [1.82, 2.24) is 0 Å². The summed E-state index contributed by atoms with van der Waals surface area (Å²) in [7, 11) is 0. The number of rotatable bonds is 11. The highest BCUT2D eigenvalue weighted by Gasteiger charge is 2.27. The molecule has 0 aliphatic carbocycles. The number of nitro benzene ring substituents is 3. The molecule has 7 N–H and O–H groups in total. The average molecular weight is 655 g/mol. The maximum atomic E-state index is 12.9. The van der Waals surface area contributed by atoms with E-state index in [0.29, 0.717) is 5.56 Å². The van der Waals surface area contributed by atoms with Gasteiger partial charge < -0.3 is 26.8 Å². The standard InChI is InChI=1S/C16H17FN4O4.C13H11FN4O4/c1-2-25-16(22)20-12-7-8-13(15(14(12)18)21(23)24)19-9-10-3-5-11(17)6-4-10;14-9-3-1-8(2-4-9)7-16-10-5-6-11(17(19)20)12(15)13(10)18(21)22/h3-8,19H,2,9,18H2,1H3,(H,20,22);1-6,16H,7,15H2. The smallest absolute Gasteiger partial charge is 0.411 e. The molecule has 0 saturated carbocycles. The molecule has 0 fully saturated rings. The molecule has 246 valence electrons. The Morgan fingerprint density at radius 2 is 1.11 bits per heavy atom. The summed E-state index contributed by atoms with van der Waals surface area (Å²) in [5.74, 6) is -0.761. The molecule has 0 aromatic heterocycles. The second kappa shape index (κ2) is 15.9. The Labute approximate surface area is 264 Å². The molecule has 0 radical (unpaired) electrons. The van der Waals surface area contributed by atoms with Crippen LogP contribution in [0.25, 0.3) is 0 Å². The van der Waals surface area contributed by atoms with Gasteiger partial charge >= 0.3 is 17.5 Å². The molecule has 4 aromatic carbocycles. The van der Waals surface area contributed by atoms with E-state index in [1.807, 2.05) is 0 Å². The van der Waals surface area contributed by atoms with Crippen LogP contribution >= 0.6 is 0 Å². The van der Waals surface area contributed by atoms with Gasteiger partial charge in [-0.3, -0.25) is 35.7 Å². The van der Waals surface area contributed by atoms with E-state index in [9.17, 15) is 43.9 Å². The first kappa shape index (κ1) is 34.9. The van der Waals surface area contributed by atoms with E-state index in [4.69, 9.17) is 16.2 Å². The molecule has 0 aliphatic rings. The number of amides is 1. The topological polar surface area (TPSA) is 244 Å². The third kappa shape index (κ3) is 9.45. The molecule has 0 spiro atoms. The molecule has 16 nitrogen and oxygen atoms in total. The van der Waals surface area contributed by atoms with E-state index in [2.05, 4.69) is 16.0 Å². The Balaban J connectivity index is 0.000000257. The highest BCUT2D eigenvalue weighted by Crippen LogP contribution is 2.38. The quantitative estimate of drug-likeness (QED) is 0.0676. The summed E-state index contributed by atoms with van der Waals surface area (Å²) in [6, 6.07) is 16.5. The highest BCUT2D eigenvalue weighted by molar-refractivity contribution is 5.94. The lowest BCUT2D eigenvalue weighted by atomic mass is 10.1. The summed E-state index contributed by atoms with van der Waals surface area (Å²) < 4.78 is 30.4. The molecule has 4 rings (SSSR count). The number of nitrogens with one attached hydrogen (secondary N) is 3. The van der Waals surface area contributed by atoms with E-state index in [1.54, 1.807) is 19.1 Å². The van der Waals surface area contributed by atoms with Crippen molar-refractivity contribution >= 4 is 51.6 Å². The number of carbonyl (C=O) groups is 1. The summed E-state index contributed by atoms with van der Waals surface area (Å²) in [4.78, 5) is 42.5. The largest absolute Gasteiger partial charge is 0.450 e. The van der Waals surface area contributed by atoms with Crippen LogP contribution in [0.3, 0.4) is 0 Å². The van der Waals surface area contributed by atoms with Gasteiger partial charge in [0.25, 0.3) is 5.69 Å². The number of carbonyl (C=O) groups excluding carboxylic acids is 1. The Bertz CT molecular complexity index is 1770. The lowest BCUT2D eigenvalue weighted by molar-refractivity contribution is -0.391. The minimum Gasteiger partial charge on any atom is -0.450 e. The van der Waals surface area contributed by atoms with Crippen LogP contribution in [0.2, 0.25) is 0 Å². The van der Waals surface area contributed by atoms with Gasteiger partial charge in [0.05, 0.1) is 27.1 Å². The number of ether oxygens (including phenoxy) is 1. The van der Waals surface area contributed by atoms with Gasteiger partial charge in [0.1, 0.15) is 28.7 Å². The first-order chi connectivity index (χ1) is 22.3. The van der Waals surface area contributed by atoms with Crippen molar-refractivity contribution in [1.29, 1.82) is 0 Å². The molecule has 1 amide bonds. The average Bonchev–Trinajstić information content (AvgIpc) is 3.01. The molecule has 0 saturated heterocycles. The fraction of sp³-hybridized carbons (Fsp3) is 0.138. The predicted molar refractivity (Wildman–Crippen MR) is 170 cm³/mol. The van der Waals surface area contributed by atoms with E-state index >= 15 is 0 Å². The fourth-order valence-electron chi connectivity index (χ4n) is 4.03. The highest BCUT2D eigenvalue weighted by atomic mass is 19.1. The van der Waals surface area contributed by atoms with Crippen molar-refractivity contribution in [3.63, 3.8) is 0 Å². The van der Waals surface area contributed by atoms with Gasteiger partial charge in [-0.1, -0.05) is 24.3 Å². The molecule has 0 aliphatic heterocycles. The van der Waals surface area contributed by atoms with Gasteiger partial charge in [0.2, 0.25) is 0 Å². The number of nitrogen functional groups attached to an aromatic ring is 2. The molecule has 47 heavy (non-hydrogen) atoms. The second-order valence-corrected chi connectivity index (χ2v) is 9.39. The maximum absolute atomic E-state index is 12.9. The Morgan fingerprint density at radius 1 is 0.681 bits per heavy atom. The summed E-state index contributed by atoms with van der Waals surface area (Å²) in [6.45, 7) is 2.21. The third-order valence-electron chi connectivity index (χ3n) is 6.28. The van der Waals surface area contributed by atoms with Crippen molar-refractivity contribution < 1.29 is 33.1 Å². The molecule has 4 aromatic rings. The van der Waals surface area contributed by atoms with Crippen LogP contribution in [-0.4, -0.2) is 27.5 Å². The van der Waals surface area contributed by atoms with Gasteiger partial charge in [-0.2, -0.15) is 0 Å². The Morgan fingerprint density at radius 3 is 1.53 bits per heavy atom. The zero-order valence-electron chi connectivity index (χ0n) is 24.6. The summed E-state index contributed by atoms with van der Waals surface area (Å²) >= 11 is 0. The fourth-order valence-corrected chi connectivity index (χ4v) is 4.03. The van der Waals surface area contributed by atoms with Crippen LogP contribution < -0.4 is 27.4 Å². The van der Waals surface area contributed by atoms with E-state index < -0.39 is 43.7 Å². The van der Waals surface area contributed by atoms with Crippen molar-refractivity contribution in [2.45, 2.75) is 20.0 Å². The minimum absolute atomic E-state index is 0.0532. The number of hydrogen-bond donors (Lipinski definition) is 5. The lowest BCUT2D eigenvalue weighted by Gasteiger charge is -2.12. The number of anilines is 5. The Kier molecular flexibility index (Phi) is 11.8. The van der Waals surface area contributed by atoms with Crippen molar-refractivity contribution in [2.24, 2.45) is 0 Å². The normalized spacial score (nSPS) is 10.2. The van der Waals surface area contributed by atoms with Crippen LogP contribution in [0.5, 0.6) is 0 Å². The van der Waals surface area contributed by atoms with Gasteiger partial charge in [0, 0.05) is 19.2 Å². The second-order valence-electron chi connectivity index (χ2n) is 9.39. The van der Waals surface area contributed by atoms with Crippen LogP contribution in [0.1, 0.15) is 18.1 Å². The van der Waals surface area contributed by atoms with E-state index in [-0.39, 0.29) is 54.0 Å². The number of nitro groups is 3. The molecule has 0 heterocycles. The molecular formula is C29H28F2N8O8. The zero-order chi connectivity index (χ0) is 34.7. The maximum Gasteiger partial charge on any atom is 0.411 e. The van der Waals surface area contributed by atoms with Crippen LogP contribution in [-0.2, 0) is 17.8 Å². The molecule has 0 atom stereocenters. The van der Waals surface area contributed by atoms with Gasteiger partial charge in [-0.15, -0.1) is 0 Å². The summed E-state index contributed by atoms with van der Waals surface area (Å²) in [5, 5.41) is 41.2. The first-order valence-electron chi connectivity index (χ1n) is 13.5. The van der Waals surface area contributed by atoms with Crippen molar-refractivity contribution in [3.05, 3.63) is 126 Å².